The van der Waals surface area contributed by atoms with E-state index in [4.69, 9.17) is 4.52 Å². The molecule has 0 aliphatic rings. The Bertz CT molecular complexity index is 1070. The smallest absolute Gasteiger partial charge is 0.298 e. The largest absolute Gasteiger partial charge is 0.351 e. The second-order valence-electron chi connectivity index (χ2n) is 6.05. The van der Waals surface area contributed by atoms with Crippen LogP contribution in [-0.2, 0) is 6.54 Å². The van der Waals surface area contributed by atoms with Gasteiger partial charge in [0.05, 0.1) is 22.5 Å². The second kappa shape index (κ2) is 6.68. The van der Waals surface area contributed by atoms with Crippen LogP contribution in [0.15, 0.2) is 53.3 Å². The molecule has 0 fully saturated rings. The van der Waals surface area contributed by atoms with Crippen molar-refractivity contribution < 1.29 is 9.32 Å². The maximum absolute atomic E-state index is 13.0. The van der Waals surface area contributed by atoms with Gasteiger partial charge in [0.15, 0.2) is 5.13 Å². The van der Waals surface area contributed by atoms with E-state index in [0.29, 0.717) is 17.4 Å². The quantitative estimate of drug-likeness (QED) is 0.544. The minimum atomic E-state index is -0.273. The molecule has 6 nitrogen and oxygen atoms in total. The van der Waals surface area contributed by atoms with E-state index in [1.54, 1.807) is 30.3 Å². The van der Waals surface area contributed by atoms with Crippen LogP contribution < -0.4 is 4.90 Å². The minimum Gasteiger partial charge on any atom is -0.351 e. The van der Waals surface area contributed by atoms with Gasteiger partial charge in [-0.05, 0) is 43.2 Å². The van der Waals surface area contributed by atoms with E-state index in [0.717, 1.165) is 21.3 Å². The van der Waals surface area contributed by atoms with E-state index in [2.05, 4.69) is 21.2 Å². The Kier molecular flexibility index (Phi) is 4.22. The van der Waals surface area contributed by atoms with Crippen LogP contribution in [0.2, 0.25) is 0 Å². The lowest BCUT2D eigenvalue weighted by molar-refractivity contribution is 0.0949. The van der Waals surface area contributed by atoms with Crippen molar-refractivity contribution in [2.45, 2.75) is 20.4 Å². The van der Waals surface area contributed by atoms with Crippen LogP contribution in [0.5, 0.6) is 0 Å². The summed E-state index contributed by atoms with van der Waals surface area (Å²) in [5, 5.41) is 4.44. The molecule has 0 N–H and O–H groups in total. The molecule has 4 rings (SSSR count). The van der Waals surface area contributed by atoms with Gasteiger partial charge in [0.25, 0.3) is 5.91 Å². The molecule has 0 saturated heterocycles. The van der Waals surface area contributed by atoms with E-state index < -0.39 is 0 Å². The summed E-state index contributed by atoms with van der Waals surface area (Å²) in [6.45, 7) is 4.17. The van der Waals surface area contributed by atoms with E-state index in [1.807, 2.05) is 31.2 Å². The number of rotatable bonds is 4. The molecule has 0 unspecified atom stereocenters. The van der Waals surface area contributed by atoms with Gasteiger partial charge < -0.3 is 4.52 Å². The van der Waals surface area contributed by atoms with Gasteiger partial charge in [0, 0.05) is 18.5 Å². The summed E-state index contributed by atoms with van der Waals surface area (Å²) in [6, 6.07) is 11.5. The van der Waals surface area contributed by atoms with Crippen LogP contribution in [0, 0.1) is 13.8 Å². The zero-order valence-electron chi connectivity index (χ0n) is 14.3. The van der Waals surface area contributed by atoms with Crippen molar-refractivity contribution in [2.75, 3.05) is 4.90 Å². The molecule has 4 aromatic rings. The number of thiazole rings is 1. The zero-order valence-corrected chi connectivity index (χ0v) is 15.2. The van der Waals surface area contributed by atoms with Gasteiger partial charge in [0.2, 0.25) is 5.76 Å². The Labute approximate surface area is 154 Å². The lowest BCUT2D eigenvalue weighted by Gasteiger charge is -2.18. The summed E-state index contributed by atoms with van der Waals surface area (Å²) < 4.78 is 6.22. The molecule has 0 radical (unpaired) electrons. The van der Waals surface area contributed by atoms with Crippen molar-refractivity contribution in [3.8, 4) is 0 Å². The number of amides is 1. The normalized spacial score (nSPS) is 11.0. The van der Waals surface area contributed by atoms with Gasteiger partial charge >= 0.3 is 0 Å². The number of anilines is 1. The fourth-order valence-corrected chi connectivity index (χ4v) is 3.69. The Morgan fingerprint density at radius 2 is 2.12 bits per heavy atom. The molecular formula is C19H16N4O2S. The number of hydrogen-bond acceptors (Lipinski definition) is 6. The first-order valence-corrected chi connectivity index (χ1v) is 8.93. The first-order chi connectivity index (χ1) is 12.6. The molecule has 1 aromatic carbocycles. The van der Waals surface area contributed by atoms with Crippen molar-refractivity contribution in [3.63, 3.8) is 0 Å². The Morgan fingerprint density at radius 1 is 1.23 bits per heavy atom. The lowest BCUT2D eigenvalue weighted by atomic mass is 10.2. The molecule has 0 saturated carbocycles. The molecule has 0 bridgehead atoms. The Morgan fingerprint density at radius 3 is 2.85 bits per heavy atom. The lowest BCUT2D eigenvalue weighted by Crippen LogP contribution is -2.30. The highest BCUT2D eigenvalue weighted by atomic mass is 32.1. The van der Waals surface area contributed by atoms with Crippen molar-refractivity contribution in [1.29, 1.82) is 0 Å². The fraction of sp³-hybridized carbons (Fsp3) is 0.158. The average Bonchev–Trinajstić information content (AvgIpc) is 3.25. The van der Waals surface area contributed by atoms with E-state index in [1.165, 1.54) is 11.3 Å². The molecule has 0 atom stereocenters. The number of benzene rings is 1. The molecule has 0 aliphatic heterocycles. The molecule has 130 valence electrons. The highest BCUT2D eigenvalue weighted by molar-refractivity contribution is 7.22. The maximum atomic E-state index is 13.0. The Balaban J connectivity index is 1.76. The van der Waals surface area contributed by atoms with Crippen LogP contribution in [0.3, 0.4) is 0 Å². The summed E-state index contributed by atoms with van der Waals surface area (Å²) in [5.41, 5.74) is 3.60. The number of fused-ring (bicyclic) bond motifs is 1. The number of aryl methyl sites for hydroxylation is 2. The van der Waals surface area contributed by atoms with E-state index in [-0.39, 0.29) is 11.7 Å². The van der Waals surface area contributed by atoms with Crippen molar-refractivity contribution in [3.05, 3.63) is 71.4 Å². The first kappa shape index (κ1) is 16.4. The van der Waals surface area contributed by atoms with Crippen LogP contribution >= 0.6 is 11.3 Å². The molecule has 1 amide bonds. The van der Waals surface area contributed by atoms with Gasteiger partial charge in [-0.3, -0.25) is 14.7 Å². The molecule has 26 heavy (non-hydrogen) atoms. The van der Waals surface area contributed by atoms with Crippen LogP contribution in [0.1, 0.15) is 27.4 Å². The van der Waals surface area contributed by atoms with Crippen molar-refractivity contribution in [2.24, 2.45) is 0 Å². The summed E-state index contributed by atoms with van der Waals surface area (Å²) in [7, 11) is 0. The number of nitrogens with zero attached hydrogens (tertiary/aromatic N) is 4. The predicted molar refractivity (Wildman–Crippen MR) is 100 cm³/mol. The third-order valence-corrected chi connectivity index (χ3v) is 4.95. The van der Waals surface area contributed by atoms with E-state index in [9.17, 15) is 4.79 Å². The van der Waals surface area contributed by atoms with Crippen molar-refractivity contribution in [1.82, 2.24) is 15.1 Å². The van der Waals surface area contributed by atoms with Gasteiger partial charge in [-0.15, -0.1) is 0 Å². The summed E-state index contributed by atoms with van der Waals surface area (Å²) >= 11 is 1.48. The summed E-state index contributed by atoms with van der Waals surface area (Å²) in [5.74, 6) is -0.0768. The maximum Gasteiger partial charge on any atom is 0.298 e. The van der Waals surface area contributed by atoms with E-state index >= 15 is 0 Å². The molecular weight excluding hydrogens is 348 g/mol. The summed E-state index contributed by atoms with van der Waals surface area (Å²) in [4.78, 5) is 23.4. The third-order valence-electron chi connectivity index (χ3n) is 3.91. The van der Waals surface area contributed by atoms with Gasteiger partial charge in [-0.25, -0.2) is 4.98 Å². The molecule has 3 aromatic heterocycles. The van der Waals surface area contributed by atoms with Crippen LogP contribution in [0.4, 0.5) is 5.13 Å². The monoisotopic (exact) mass is 364 g/mol. The fourth-order valence-electron chi connectivity index (χ4n) is 2.63. The van der Waals surface area contributed by atoms with Crippen LogP contribution in [0.25, 0.3) is 10.2 Å². The third kappa shape index (κ3) is 3.21. The minimum absolute atomic E-state index is 0.196. The van der Waals surface area contributed by atoms with Gasteiger partial charge in [0.1, 0.15) is 0 Å². The number of aromatic nitrogens is 3. The topological polar surface area (TPSA) is 72.1 Å². The zero-order chi connectivity index (χ0) is 18.1. The second-order valence-corrected chi connectivity index (χ2v) is 7.06. The molecule has 7 heteroatoms. The first-order valence-electron chi connectivity index (χ1n) is 8.11. The highest BCUT2D eigenvalue weighted by Crippen LogP contribution is 2.31. The molecule has 0 spiro atoms. The van der Waals surface area contributed by atoms with Crippen LogP contribution in [-0.4, -0.2) is 21.0 Å². The molecule has 0 aliphatic carbocycles. The Hall–Kier alpha value is -3.06. The standard InChI is InChI=1S/C19H16N4O2S/c1-12-5-6-15-17(8-12)26-19(21-15)23(11-14-4-3-7-20-10-14)18(24)16-9-13(2)22-25-16/h3-10H,11H2,1-2H3. The van der Waals surface area contributed by atoms with Gasteiger partial charge in [-0.2, -0.15) is 0 Å². The number of pyridine rings is 1. The number of hydrogen-bond donors (Lipinski definition) is 0. The number of carbonyl (C=O) groups is 1. The SMILES string of the molecule is Cc1ccc2nc(N(Cc3cccnc3)C(=O)c3cc(C)no3)sc2c1. The number of carbonyl (C=O) groups excluding carboxylic acids is 1. The average molecular weight is 364 g/mol. The highest BCUT2D eigenvalue weighted by Gasteiger charge is 2.25. The predicted octanol–water partition coefficient (Wildman–Crippen LogP) is 4.14. The molecule has 3 heterocycles. The summed E-state index contributed by atoms with van der Waals surface area (Å²) in [6.07, 6.45) is 3.44. The van der Waals surface area contributed by atoms with Gasteiger partial charge in [-0.1, -0.05) is 28.6 Å². The van der Waals surface area contributed by atoms with Crippen molar-refractivity contribution >= 4 is 32.6 Å².